The van der Waals surface area contributed by atoms with E-state index < -0.39 is 14.6 Å². The zero-order chi connectivity index (χ0) is 20.1. The number of carbonyl (C=O) groups excluding carboxylic acids is 1. The number of carbonyl (C=O) groups is 1. The molecule has 4 N–H and O–H groups in total. The number of phosphoric ester groups is 1. The standard InChI is InChI=1S/C9H10NO.C8H11N2O4PS.Y/c1-8(11)10-7-9-5-3-2-4-6-9;11-15(12,13)14-6-9-8(16)10-7-4-2-1-3-5-7;/h2-6H,1,7H2,(H,10,11);1-5H,6H2,(H2,9,10,16)(H2,11,12,13);/q-1;;/p-1. The summed E-state index contributed by atoms with van der Waals surface area (Å²) in [7, 11) is -4.70. The van der Waals surface area contributed by atoms with Gasteiger partial charge in [-0.05, 0) is 29.9 Å². The van der Waals surface area contributed by atoms with Crippen LogP contribution in [0.5, 0.6) is 0 Å². The fourth-order valence-electron chi connectivity index (χ4n) is 1.67. The first-order chi connectivity index (χ1) is 12.8. The maximum absolute atomic E-state index is 10.4. The van der Waals surface area contributed by atoms with E-state index in [1.807, 2.05) is 48.5 Å². The third-order valence-electron chi connectivity index (χ3n) is 2.82. The second kappa shape index (κ2) is 14.6. The number of phosphoric acid groups is 1. The van der Waals surface area contributed by atoms with Gasteiger partial charge in [0, 0.05) is 44.9 Å². The molecule has 0 spiro atoms. The molecule has 149 valence electrons. The number of hydrogen-bond donors (Lipinski definition) is 4. The molecule has 2 rings (SSSR count). The van der Waals surface area contributed by atoms with Crippen molar-refractivity contribution >= 4 is 36.7 Å². The number of anilines is 1. The van der Waals surface area contributed by atoms with Crippen LogP contribution in [0.4, 0.5) is 5.69 Å². The van der Waals surface area contributed by atoms with Gasteiger partial charge >= 0.3 is 0 Å². The summed E-state index contributed by atoms with van der Waals surface area (Å²) >= 11 is 4.85. The van der Waals surface area contributed by atoms with Gasteiger partial charge in [-0.25, -0.2) is 0 Å². The quantitative estimate of drug-likeness (QED) is 0.205. The van der Waals surface area contributed by atoms with Crippen molar-refractivity contribution in [1.82, 2.24) is 10.6 Å². The van der Waals surface area contributed by atoms with Gasteiger partial charge in [0.15, 0.2) is 5.11 Å². The fourth-order valence-corrected chi connectivity index (χ4v) is 2.08. The van der Waals surface area contributed by atoms with Gasteiger partial charge in [-0.2, -0.15) is 0 Å². The number of nitrogens with one attached hydrogen (secondary N) is 3. The normalized spacial score (nSPS) is 11.5. The summed E-state index contributed by atoms with van der Waals surface area (Å²) in [6, 6.07) is 18.8. The maximum Gasteiger partial charge on any atom is 0.266 e. The summed E-state index contributed by atoms with van der Waals surface area (Å²) < 4.78 is 14.3. The van der Waals surface area contributed by atoms with Crippen LogP contribution in [0.3, 0.4) is 0 Å². The summed E-state index contributed by atoms with van der Waals surface area (Å²) in [5.74, 6) is -0.242. The van der Waals surface area contributed by atoms with Gasteiger partial charge in [0.05, 0.1) is 5.91 Å². The van der Waals surface area contributed by atoms with Crippen molar-refractivity contribution in [2.45, 2.75) is 6.54 Å². The van der Waals surface area contributed by atoms with Crippen molar-refractivity contribution in [3.8, 4) is 0 Å². The van der Waals surface area contributed by atoms with Crippen LogP contribution in [0.2, 0.25) is 0 Å². The van der Waals surface area contributed by atoms with Crippen LogP contribution in [0, 0.1) is 6.92 Å². The van der Waals surface area contributed by atoms with Crippen molar-refractivity contribution in [3.05, 3.63) is 73.2 Å². The fraction of sp³-hybridized carbons (Fsp3) is 0.118. The molecule has 0 saturated heterocycles. The average Bonchev–Trinajstić information content (AvgIpc) is 2.61. The summed E-state index contributed by atoms with van der Waals surface area (Å²) in [6.45, 7) is 3.34. The van der Waals surface area contributed by atoms with Crippen LogP contribution in [0.1, 0.15) is 5.56 Å². The molecule has 0 aliphatic carbocycles. The van der Waals surface area contributed by atoms with Gasteiger partial charge in [0.1, 0.15) is 6.73 Å². The first-order valence-electron chi connectivity index (χ1n) is 7.68. The summed E-state index contributed by atoms with van der Waals surface area (Å²) in [5.41, 5.74) is 1.85. The molecule has 28 heavy (non-hydrogen) atoms. The molecule has 0 heterocycles. The number of benzene rings is 2. The molecule has 0 aliphatic heterocycles. The molecule has 1 atom stereocenters. The Morgan fingerprint density at radius 2 is 1.64 bits per heavy atom. The average molecular weight is 498 g/mol. The predicted molar refractivity (Wildman–Crippen MR) is 105 cm³/mol. The Bertz CT molecular complexity index is 762. The van der Waals surface area contributed by atoms with Crippen molar-refractivity contribution in [2.75, 3.05) is 12.0 Å². The van der Waals surface area contributed by atoms with E-state index in [9.17, 15) is 14.3 Å². The van der Waals surface area contributed by atoms with Crippen LogP contribution in [0.15, 0.2) is 60.7 Å². The summed E-state index contributed by atoms with van der Waals surface area (Å²) in [4.78, 5) is 28.9. The first kappa shape index (κ1) is 26.7. The molecule has 11 heteroatoms. The van der Waals surface area contributed by atoms with Crippen LogP contribution >= 0.6 is 20.0 Å². The number of thiocarbonyl (C=S) groups is 1. The Hall–Kier alpha value is -1.32. The maximum atomic E-state index is 10.4. The van der Waals surface area contributed by atoms with Crippen molar-refractivity contribution < 1.29 is 56.4 Å². The number of rotatable bonds is 6. The molecule has 0 aromatic heterocycles. The van der Waals surface area contributed by atoms with Crippen molar-refractivity contribution in [3.63, 3.8) is 0 Å². The smallest absolute Gasteiger partial charge is 0.266 e. The second-order valence-electron chi connectivity index (χ2n) is 5.00. The molecular formula is C17H20N3O5PSY-2. The minimum Gasteiger partial charge on any atom is -0.756 e. The minimum atomic E-state index is -4.70. The monoisotopic (exact) mass is 498 g/mol. The number of amides is 1. The molecule has 1 amide bonds. The van der Waals surface area contributed by atoms with E-state index in [2.05, 4.69) is 27.4 Å². The number of hydrogen-bond acceptors (Lipinski definition) is 5. The van der Waals surface area contributed by atoms with E-state index in [-0.39, 0.29) is 43.7 Å². The van der Waals surface area contributed by atoms with Crippen LogP contribution in [-0.4, -0.2) is 22.6 Å². The Morgan fingerprint density at radius 3 is 2.14 bits per heavy atom. The molecule has 2 aromatic rings. The molecule has 0 bridgehead atoms. The van der Waals surface area contributed by atoms with Crippen LogP contribution in [-0.2, 0) is 53.1 Å². The van der Waals surface area contributed by atoms with Crippen LogP contribution < -0.4 is 20.8 Å². The minimum absolute atomic E-state index is 0. The zero-order valence-corrected chi connectivity index (χ0v) is 19.5. The molecule has 1 unspecified atom stereocenters. The molecule has 0 saturated carbocycles. The van der Waals surface area contributed by atoms with E-state index in [1.165, 1.54) is 0 Å². The Kier molecular flexibility index (Phi) is 14.0. The summed E-state index contributed by atoms with van der Waals surface area (Å²) in [6.07, 6.45) is 0. The third kappa shape index (κ3) is 14.7. The van der Waals surface area contributed by atoms with E-state index in [1.54, 1.807) is 12.1 Å². The van der Waals surface area contributed by atoms with Gasteiger partial charge < -0.3 is 37.5 Å². The van der Waals surface area contributed by atoms with E-state index in [0.29, 0.717) is 6.54 Å². The van der Waals surface area contributed by atoms with E-state index in [4.69, 9.17) is 17.1 Å². The van der Waals surface area contributed by atoms with Gasteiger partial charge in [0.25, 0.3) is 7.82 Å². The van der Waals surface area contributed by atoms with E-state index >= 15 is 0 Å². The molecule has 0 fully saturated rings. The largest absolute Gasteiger partial charge is 0.756 e. The SMILES string of the molecule is O=P([O-])(O)OCNC(=S)Nc1ccccc1.[CH2-]C(=O)NCc1ccccc1.[Y]. The molecule has 1 radical (unpaired) electrons. The van der Waals surface area contributed by atoms with Gasteiger partial charge in [-0.3, -0.25) is 9.09 Å². The van der Waals surface area contributed by atoms with E-state index in [0.717, 1.165) is 11.3 Å². The van der Waals surface area contributed by atoms with Crippen LogP contribution in [0.25, 0.3) is 0 Å². The van der Waals surface area contributed by atoms with Gasteiger partial charge in [-0.15, -0.1) is 0 Å². The topological polar surface area (TPSA) is 123 Å². The predicted octanol–water partition coefficient (Wildman–Crippen LogP) is 1.54. The van der Waals surface area contributed by atoms with Crippen molar-refractivity contribution in [1.29, 1.82) is 0 Å². The first-order valence-corrected chi connectivity index (χ1v) is 9.58. The number of para-hydroxylation sites is 1. The molecular weight excluding hydrogens is 478 g/mol. The molecule has 8 nitrogen and oxygen atoms in total. The van der Waals surface area contributed by atoms with Gasteiger partial charge in [-0.1, -0.05) is 48.5 Å². The zero-order valence-electron chi connectivity index (χ0n) is 14.9. The Balaban J connectivity index is 0.000000535. The molecule has 0 aliphatic rings. The summed E-state index contributed by atoms with van der Waals surface area (Å²) in [5, 5.41) is 8.05. The third-order valence-corrected chi connectivity index (χ3v) is 3.53. The second-order valence-corrected chi connectivity index (χ2v) is 6.60. The Labute approximate surface area is 194 Å². The Morgan fingerprint density at radius 1 is 1.11 bits per heavy atom. The molecule has 2 aromatic carbocycles. The van der Waals surface area contributed by atoms with Gasteiger partial charge in [0.2, 0.25) is 0 Å². The van der Waals surface area contributed by atoms with Crippen molar-refractivity contribution in [2.24, 2.45) is 0 Å².